The number of nitrogens with zero attached hydrogens (tertiary/aromatic N) is 1. The summed E-state index contributed by atoms with van der Waals surface area (Å²) in [7, 11) is 0. The Morgan fingerprint density at radius 2 is 2.00 bits per heavy atom. The van der Waals surface area contributed by atoms with Gasteiger partial charge in [0.15, 0.2) is 12.3 Å². The lowest BCUT2D eigenvalue weighted by Gasteiger charge is -2.07. The van der Waals surface area contributed by atoms with Crippen molar-refractivity contribution in [2.24, 2.45) is 0 Å². The minimum atomic E-state index is -0.684. The normalized spacial score (nSPS) is 10.5. The van der Waals surface area contributed by atoms with E-state index in [-0.39, 0.29) is 5.69 Å². The number of nitrogens with one attached hydrogen (secondary N) is 1. The molecule has 5 nitrogen and oxygen atoms in total. The van der Waals surface area contributed by atoms with Crippen molar-refractivity contribution in [2.75, 3.05) is 11.9 Å². The first-order valence-electron chi connectivity index (χ1n) is 7.56. The Labute approximate surface area is 177 Å². The predicted molar refractivity (Wildman–Crippen MR) is 111 cm³/mol. The molecular weight excluding hydrogens is 475 g/mol. The third kappa shape index (κ3) is 5.29. The molecule has 1 aromatic heterocycles. The number of aromatic nitrogens is 1. The van der Waals surface area contributed by atoms with E-state index in [2.05, 4.69) is 26.2 Å². The highest BCUT2D eigenvalue weighted by molar-refractivity contribution is 9.10. The summed E-state index contributed by atoms with van der Waals surface area (Å²) in [6.07, 6.45) is 0. The molecule has 0 spiro atoms. The molecule has 0 unspecified atom stereocenters. The van der Waals surface area contributed by atoms with Crippen LogP contribution in [0.5, 0.6) is 0 Å². The topological polar surface area (TPSA) is 68.3 Å². The summed E-state index contributed by atoms with van der Waals surface area (Å²) in [6, 6.07) is 12.2. The van der Waals surface area contributed by atoms with Gasteiger partial charge < -0.3 is 10.1 Å². The molecule has 0 aliphatic carbocycles. The minimum Gasteiger partial charge on any atom is -0.451 e. The molecule has 0 saturated carbocycles. The molecule has 1 heterocycles. The van der Waals surface area contributed by atoms with Crippen LogP contribution >= 0.6 is 50.5 Å². The second-order valence-electron chi connectivity index (χ2n) is 5.30. The number of carbonyl (C=O) groups excluding carboxylic acids is 2. The van der Waals surface area contributed by atoms with Crippen LogP contribution in [0.3, 0.4) is 0 Å². The van der Waals surface area contributed by atoms with Crippen molar-refractivity contribution in [3.8, 4) is 10.6 Å². The lowest BCUT2D eigenvalue weighted by Crippen LogP contribution is -2.21. The van der Waals surface area contributed by atoms with Gasteiger partial charge in [0.05, 0.1) is 10.7 Å². The molecule has 0 bridgehead atoms. The Bertz CT molecular complexity index is 1010. The van der Waals surface area contributed by atoms with E-state index in [0.29, 0.717) is 20.7 Å². The Hall–Kier alpha value is -1.93. The van der Waals surface area contributed by atoms with Gasteiger partial charge in [-0.3, -0.25) is 4.79 Å². The van der Waals surface area contributed by atoms with Crippen LogP contribution in [0, 0.1) is 0 Å². The van der Waals surface area contributed by atoms with Crippen LogP contribution in [0.4, 0.5) is 5.69 Å². The number of halogens is 3. The summed E-state index contributed by atoms with van der Waals surface area (Å²) >= 11 is 16.6. The monoisotopic (exact) mass is 484 g/mol. The van der Waals surface area contributed by atoms with Crippen LogP contribution in [0.2, 0.25) is 10.0 Å². The molecule has 3 rings (SSSR count). The maximum atomic E-state index is 12.1. The van der Waals surface area contributed by atoms with Gasteiger partial charge in [-0.2, -0.15) is 0 Å². The average Bonchev–Trinajstić information content (AvgIpc) is 3.12. The van der Waals surface area contributed by atoms with Crippen LogP contribution in [-0.4, -0.2) is 23.5 Å². The van der Waals surface area contributed by atoms with E-state index in [1.54, 1.807) is 41.8 Å². The summed E-state index contributed by atoms with van der Waals surface area (Å²) < 4.78 is 5.80. The number of rotatable bonds is 5. The number of hydrogen-bond donors (Lipinski definition) is 1. The molecule has 1 N–H and O–H groups in total. The van der Waals surface area contributed by atoms with Gasteiger partial charge in [0.1, 0.15) is 5.01 Å². The lowest BCUT2D eigenvalue weighted by atomic mass is 10.2. The van der Waals surface area contributed by atoms with E-state index in [4.69, 9.17) is 27.9 Å². The largest absolute Gasteiger partial charge is 0.451 e. The summed E-state index contributed by atoms with van der Waals surface area (Å²) in [5, 5.41) is 5.74. The molecule has 0 fully saturated rings. The molecule has 1 amide bonds. The van der Waals surface area contributed by atoms with Crippen molar-refractivity contribution in [3.63, 3.8) is 0 Å². The number of thiazole rings is 1. The summed E-state index contributed by atoms with van der Waals surface area (Å²) in [4.78, 5) is 28.3. The summed E-state index contributed by atoms with van der Waals surface area (Å²) in [5.74, 6) is -1.19. The van der Waals surface area contributed by atoms with Crippen LogP contribution in [0.15, 0.2) is 52.3 Å². The van der Waals surface area contributed by atoms with Gasteiger partial charge in [-0.15, -0.1) is 11.3 Å². The summed E-state index contributed by atoms with van der Waals surface area (Å²) in [6.45, 7) is -0.449. The predicted octanol–water partition coefficient (Wildman–Crippen LogP) is 5.67. The first-order chi connectivity index (χ1) is 12.9. The van der Waals surface area contributed by atoms with Crippen LogP contribution < -0.4 is 5.32 Å². The molecule has 9 heteroatoms. The van der Waals surface area contributed by atoms with E-state index >= 15 is 0 Å². The maximum absolute atomic E-state index is 12.1. The van der Waals surface area contributed by atoms with Gasteiger partial charge in [0.25, 0.3) is 5.91 Å². The number of carbonyl (C=O) groups is 2. The number of esters is 1. The van der Waals surface area contributed by atoms with Crippen molar-refractivity contribution in [3.05, 3.63) is 68.1 Å². The fourth-order valence-electron chi connectivity index (χ4n) is 2.10. The van der Waals surface area contributed by atoms with E-state index < -0.39 is 18.5 Å². The Morgan fingerprint density at radius 1 is 1.19 bits per heavy atom. The zero-order valence-corrected chi connectivity index (χ0v) is 17.5. The second kappa shape index (κ2) is 8.84. The van der Waals surface area contributed by atoms with Crippen molar-refractivity contribution in [2.45, 2.75) is 0 Å². The minimum absolute atomic E-state index is 0.129. The first kappa shape index (κ1) is 19.8. The molecule has 2 aromatic carbocycles. The van der Waals surface area contributed by atoms with Crippen molar-refractivity contribution in [1.29, 1.82) is 0 Å². The fraction of sp³-hybridized carbons (Fsp3) is 0.0556. The highest BCUT2D eigenvalue weighted by Crippen LogP contribution is 2.27. The summed E-state index contributed by atoms with van der Waals surface area (Å²) in [5.41, 5.74) is 1.36. The molecule has 138 valence electrons. The molecule has 0 aliphatic rings. The second-order valence-corrected chi connectivity index (χ2v) is 7.91. The van der Waals surface area contributed by atoms with Gasteiger partial charge >= 0.3 is 5.97 Å². The molecule has 0 atom stereocenters. The molecule has 0 aliphatic heterocycles. The number of amides is 1. The van der Waals surface area contributed by atoms with Crippen molar-refractivity contribution in [1.82, 2.24) is 4.98 Å². The molecule has 0 saturated heterocycles. The third-order valence-electron chi connectivity index (χ3n) is 3.32. The fourth-order valence-corrected chi connectivity index (χ4v) is 3.80. The quantitative estimate of drug-likeness (QED) is 0.472. The van der Waals surface area contributed by atoms with Crippen molar-refractivity contribution >= 4 is 68.0 Å². The highest BCUT2D eigenvalue weighted by atomic mass is 79.9. The standard InChI is InChI=1S/C18H11BrCl2N2O3S/c19-11-4-5-14(13(21)7-11)22-16(24)8-26-18(25)15-9-27-17(23-15)10-2-1-3-12(20)6-10/h1-7,9H,8H2,(H,22,24). The third-order valence-corrected chi connectivity index (χ3v) is 5.26. The van der Waals surface area contributed by atoms with E-state index in [1.807, 2.05) is 6.07 Å². The number of anilines is 1. The van der Waals surface area contributed by atoms with Crippen LogP contribution in [0.1, 0.15) is 10.5 Å². The van der Waals surface area contributed by atoms with Gasteiger partial charge in [-0.25, -0.2) is 9.78 Å². The van der Waals surface area contributed by atoms with E-state index in [0.717, 1.165) is 10.0 Å². The number of benzene rings is 2. The van der Waals surface area contributed by atoms with E-state index in [9.17, 15) is 9.59 Å². The van der Waals surface area contributed by atoms with Crippen LogP contribution in [0.25, 0.3) is 10.6 Å². The van der Waals surface area contributed by atoms with Crippen LogP contribution in [-0.2, 0) is 9.53 Å². The lowest BCUT2D eigenvalue weighted by molar-refractivity contribution is -0.119. The smallest absolute Gasteiger partial charge is 0.358 e. The molecule has 27 heavy (non-hydrogen) atoms. The molecular formula is C18H11BrCl2N2O3S. The van der Waals surface area contributed by atoms with E-state index in [1.165, 1.54) is 11.3 Å². The number of ether oxygens (including phenoxy) is 1. The average molecular weight is 486 g/mol. The zero-order chi connectivity index (χ0) is 19.4. The molecule has 3 aromatic rings. The highest BCUT2D eigenvalue weighted by Gasteiger charge is 2.15. The Kier molecular flexibility index (Phi) is 6.49. The van der Waals surface area contributed by atoms with Gasteiger partial charge in [0, 0.05) is 20.4 Å². The SMILES string of the molecule is O=C(COC(=O)c1csc(-c2cccc(Cl)c2)n1)Nc1ccc(Br)cc1Cl. The Balaban J connectivity index is 1.58. The first-order valence-corrected chi connectivity index (χ1v) is 9.99. The Morgan fingerprint density at radius 3 is 2.74 bits per heavy atom. The maximum Gasteiger partial charge on any atom is 0.358 e. The van der Waals surface area contributed by atoms with Gasteiger partial charge in [0.2, 0.25) is 0 Å². The number of hydrogen-bond acceptors (Lipinski definition) is 5. The van der Waals surface area contributed by atoms with Gasteiger partial charge in [-0.05, 0) is 30.3 Å². The van der Waals surface area contributed by atoms with Gasteiger partial charge in [-0.1, -0.05) is 51.3 Å². The molecule has 0 radical (unpaired) electrons. The van der Waals surface area contributed by atoms with Crippen molar-refractivity contribution < 1.29 is 14.3 Å². The zero-order valence-electron chi connectivity index (χ0n) is 13.5.